The van der Waals surface area contributed by atoms with E-state index in [9.17, 15) is 0 Å². The quantitative estimate of drug-likeness (QED) is 0.735. The third-order valence-electron chi connectivity index (χ3n) is 1.76. The van der Waals surface area contributed by atoms with Gasteiger partial charge in [-0.3, -0.25) is 0 Å². The number of hydrogen-bond acceptors (Lipinski definition) is 3. The first kappa shape index (κ1) is 9.13. The minimum Gasteiger partial charge on any atom is -0.308 e. The Morgan fingerprint density at radius 2 is 2.00 bits per heavy atom. The van der Waals surface area contributed by atoms with E-state index in [1.54, 1.807) is 12.4 Å². The van der Waals surface area contributed by atoms with Crippen LogP contribution >= 0.6 is 0 Å². The van der Waals surface area contributed by atoms with Crippen molar-refractivity contribution in [3.8, 4) is 0 Å². The van der Waals surface area contributed by atoms with Gasteiger partial charge in [-0.05, 0) is 19.0 Å². The molecule has 1 atom stereocenters. The van der Waals surface area contributed by atoms with Crippen molar-refractivity contribution in [1.82, 2.24) is 15.3 Å². The third-order valence-corrected chi connectivity index (χ3v) is 1.76. The Labute approximate surface area is 73.2 Å². The van der Waals surface area contributed by atoms with E-state index in [0.717, 1.165) is 18.8 Å². The molecule has 0 radical (unpaired) electrons. The van der Waals surface area contributed by atoms with Gasteiger partial charge in [0.05, 0.1) is 6.04 Å². The molecule has 3 heteroatoms. The van der Waals surface area contributed by atoms with Crippen molar-refractivity contribution < 1.29 is 0 Å². The van der Waals surface area contributed by atoms with Crippen LogP contribution in [-0.4, -0.2) is 16.5 Å². The fourth-order valence-electron chi connectivity index (χ4n) is 1.16. The van der Waals surface area contributed by atoms with Crippen LogP contribution in [0.15, 0.2) is 18.5 Å². The van der Waals surface area contributed by atoms with Gasteiger partial charge in [-0.2, -0.15) is 0 Å². The van der Waals surface area contributed by atoms with Crippen LogP contribution < -0.4 is 5.32 Å². The molecule has 1 rings (SSSR count). The molecule has 0 spiro atoms. The third kappa shape index (κ3) is 2.27. The Balaban J connectivity index is 2.66. The van der Waals surface area contributed by atoms with Crippen molar-refractivity contribution >= 4 is 0 Å². The second-order valence-electron chi connectivity index (χ2n) is 2.63. The molecule has 1 aromatic heterocycles. The second-order valence-corrected chi connectivity index (χ2v) is 2.63. The first-order valence-electron chi connectivity index (χ1n) is 4.38. The van der Waals surface area contributed by atoms with Gasteiger partial charge in [0.25, 0.3) is 0 Å². The number of nitrogens with zero attached hydrogens (tertiary/aromatic N) is 2. The van der Waals surface area contributed by atoms with E-state index in [1.807, 2.05) is 6.07 Å². The van der Waals surface area contributed by atoms with Crippen LogP contribution in [0, 0.1) is 0 Å². The van der Waals surface area contributed by atoms with Crippen LogP contribution in [0.2, 0.25) is 0 Å². The van der Waals surface area contributed by atoms with E-state index in [1.165, 1.54) is 0 Å². The molecule has 0 saturated heterocycles. The summed E-state index contributed by atoms with van der Waals surface area (Å²) in [5, 5.41) is 3.32. The molecule has 0 saturated carbocycles. The smallest absolute Gasteiger partial charge is 0.145 e. The predicted molar refractivity (Wildman–Crippen MR) is 48.7 cm³/mol. The normalized spacial score (nSPS) is 12.8. The molecule has 0 aliphatic carbocycles. The van der Waals surface area contributed by atoms with Crippen molar-refractivity contribution in [1.29, 1.82) is 0 Å². The van der Waals surface area contributed by atoms with Crippen molar-refractivity contribution in [2.75, 3.05) is 6.54 Å². The molecule has 12 heavy (non-hydrogen) atoms. The summed E-state index contributed by atoms with van der Waals surface area (Å²) in [5.74, 6) is 0.891. The number of rotatable bonds is 4. The molecular formula is C9H15N3. The lowest BCUT2D eigenvalue weighted by Gasteiger charge is -2.12. The van der Waals surface area contributed by atoms with Gasteiger partial charge in [-0.15, -0.1) is 0 Å². The summed E-state index contributed by atoms with van der Waals surface area (Å²) < 4.78 is 0. The van der Waals surface area contributed by atoms with Crippen molar-refractivity contribution in [3.63, 3.8) is 0 Å². The Hall–Kier alpha value is -0.960. The molecule has 1 aromatic rings. The lowest BCUT2D eigenvalue weighted by atomic mass is 10.2. The zero-order chi connectivity index (χ0) is 8.81. The van der Waals surface area contributed by atoms with Crippen molar-refractivity contribution in [2.24, 2.45) is 0 Å². The van der Waals surface area contributed by atoms with Crippen LogP contribution in [0.5, 0.6) is 0 Å². The molecule has 1 unspecified atom stereocenters. The molecular weight excluding hydrogens is 150 g/mol. The van der Waals surface area contributed by atoms with Crippen LogP contribution in [0.25, 0.3) is 0 Å². The predicted octanol–water partition coefficient (Wildman–Crippen LogP) is 1.54. The van der Waals surface area contributed by atoms with Gasteiger partial charge in [0, 0.05) is 12.4 Å². The van der Waals surface area contributed by atoms with E-state index in [2.05, 4.69) is 29.1 Å². The molecule has 0 bridgehead atoms. The minimum atomic E-state index is 0.302. The molecule has 0 aromatic carbocycles. The lowest BCUT2D eigenvalue weighted by Crippen LogP contribution is -2.21. The summed E-state index contributed by atoms with van der Waals surface area (Å²) in [7, 11) is 0. The van der Waals surface area contributed by atoms with E-state index in [0.29, 0.717) is 6.04 Å². The van der Waals surface area contributed by atoms with Crippen LogP contribution in [0.1, 0.15) is 32.1 Å². The van der Waals surface area contributed by atoms with Gasteiger partial charge in [0.2, 0.25) is 0 Å². The maximum absolute atomic E-state index is 4.19. The van der Waals surface area contributed by atoms with Gasteiger partial charge in [0.15, 0.2) is 0 Å². The summed E-state index contributed by atoms with van der Waals surface area (Å²) in [6.45, 7) is 5.17. The molecule has 3 nitrogen and oxygen atoms in total. The van der Waals surface area contributed by atoms with Gasteiger partial charge < -0.3 is 5.32 Å². The Morgan fingerprint density at radius 1 is 1.33 bits per heavy atom. The zero-order valence-electron chi connectivity index (χ0n) is 7.62. The van der Waals surface area contributed by atoms with E-state index < -0.39 is 0 Å². The van der Waals surface area contributed by atoms with Crippen LogP contribution in [0.3, 0.4) is 0 Å². The average molecular weight is 165 g/mol. The maximum Gasteiger partial charge on any atom is 0.145 e. The molecule has 0 fully saturated rings. The highest BCUT2D eigenvalue weighted by atomic mass is 15.0. The van der Waals surface area contributed by atoms with Gasteiger partial charge in [0.1, 0.15) is 5.82 Å². The maximum atomic E-state index is 4.19. The average Bonchev–Trinajstić information content (AvgIpc) is 2.15. The first-order valence-corrected chi connectivity index (χ1v) is 4.38. The molecule has 66 valence electrons. The molecule has 0 aliphatic heterocycles. The van der Waals surface area contributed by atoms with E-state index >= 15 is 0 Å². The lowest BCUT2D eigenvalue weighted by molar-refractivity contribution is 0.510. The monoisotopic (exact) mass is 165 g/mol. The van der Waals surface area contributed by atoms with Gasteiger partial charge in [-0.25, -0.2) is 9.97 Å². The van der Waals surface area contributed by atoms with Gasteiger partial charge >= 0.3 is 0 Å². The highest BCUT2D eigenvalue weighted by molar-refractivity contribution is 4.95. The highest BCUT2D eigenvalue weighted by Crippen LogP contribution is 2.09. The summed E-state index contributed by atoms with van der Waals surface area (Å²) in [5.41, 5.74) is 0. The minimum absolute atomic E-state index is 0.302. The largest absolute Gasteiger partial charge is 0.308 e. The standard InChI is InChI=1S/C9H15N3/c1-3-8(10-4-2)9-11-6-5-7-12-9/h5-8,10H,3-4H2,1-2H3. The summed E-state index contributed by atoms with van der Waals surface area (Å²) in [6, 6.07) is 2.14. The summed E-state index contributed by atoms with van der Waals surface area (Å²) >= 11 is 0. The number of hydrogen-bond donors (Lipinski definition) is 1. The van der Waals surface area contributed by atoms with Crippen LogP contribution in [-0.2, 0) is 0 Å². The second kappa shape index (κ2) is 4.83. The molecule has 0 aliphatic rings. The fourth-order valence-corrected chi connectivity index (χ4v) is 1.16. The van der Waals surface area contributed by atoms with E-state index in [4.69, 9.17) is 0 Å². The van der Waals surface area contributed by atoms with Crippen molar-refractivity contribution in [2.45, 2.75) is 26.3 Å². The zero-order valence-corrected chi connectivity index (χ0v) is 7.62. The molecule has 1 heterocycles. The fraction of sp³-hybridized carbons (Fsp3) is 0.556. The topological polar surface area (TPSA) is 37.8 Å². The van der Waals surface area contributed by atoms with Gasteiger partial charge in [-0.1, -0.05) is 13.8 Å². The SMILES string of the molecule is CCNC(CC)c1ncccn1. The molecule has 0 amide bonds. The number of aromatic nitrogens is 2. The summed E-state index contributed by atoms with van der Waals surface area (Å²) in [4.78, 5) is 8.39. The molecule has 1 N–H and O–H groups in total. The highest BCUT2D eigenvalue weighted by Gasteiger charge is 2.08. The van der Waals surface area contributed by atoms with Crippen LogP contribution in [0.4, 0.5) is 0 Å². The Morgan fingerprint density at radius 3 is 2.50 bits per heavy atom. The Kier molecular flexibility index (Phi) is 3.67. The first-order chi connectivity index (χ1) is 5.88. The number of nitrogens with one attached hydrogen (secondary N) is 1. The Bertz CT molecular complexity index is 210. The van der Waals surface area contributed by atoms with Crippen molar-refractivity contribution in [3.05, 3.63) is 24.3 Å². The van der Waals surface area contributed by atoms with E-state index in [-0.39, 0.29) is 0 Å². The summed E-state index contributed by atoms with van der Waals surface area (Å²) in [6.07, 6.45) is 4.59.